The van der Waals surface area contributed by atoms with Crippen LogP contribution in [0.25, 0.3) is 0 Å². The number of unbranched alkanes of at least 4 members (excludes halogenated alkanes) is 2. The van der Waals surface area contributed by atoms with Crippen LogP contribution in [0.5, 0.6) is 0 Å². The van der Waals surface area contributed by atoms with Crippen LogP contribution in [0.1, 0.15) is 39.0 Å². The van der Waals surface area contributed by atoms with Crippen LogP contribution in [0.4, 0.5) is 0 Å². The van der Waals surface area contributed by atoms with Crippen molar-refractivity contribution in [2.24, 2.45) is 0 Å². The molecule has 0 spiro atoms. The van der Waals surface area contributed by atoms with Crippen LogP contribution in [-0.2, 0) is 4.79 Å². The molecule has 1 saturated heterocycles. The maximum Gasteiger partial charge on any atom is 0.222 e. The van der Waals surface area contributed by atoms with Crippen molar-refractivity contribution in [3.05, 3.63) is 0 Å². The van der Waals surface area contributed by atoms with Gasteiger partial charge in [0.15, 0.2) is 0 Å². The van der Waals surface area contributed by atoms with E-state index in [9.17, 15) is 4.79 Å². The molecule has 1 fully saturated rings. The van der Waals surface area contributed by atoms with Gasteiger partial charge in [0.25, 0.3) is 0 Å². The third-order valence-corrected chi connectivity index (χ3v) is 3.23. The second kappa shape index (κ2) is 5.63. The van der Waals surface area contributed by atoms with Crippen molar-refractivity contribution < 1.29 is 4.79 Å². The molecule has 3 heteroatoms. The van der Waals surface area contributed by atoms with Crippen LogP contribution in [-0.4, -0.2) is 28.7 Å². The van der Waals surface area contributed by atoms with Gasteiger partial charge in [0.1, 0.15) is 0 Å². The van der Waals surface area contributed by atoms with Crippen LogP contribution in [0, 0.1) is 0 Å². The first-order valence-electron chi connectivity index (χ1n) is 5.16. The monoisotopic (exact) mass is 247 g/mol. The molecule has 0 aromatic carbocycles. The highest BCUT2D eigenvalue weighted by Gasteiger charge is 2.23. The van der Waals surface area contributed by atoms with Gasteiger partial charge in [-0.05, 0) is 12.8 Å². The highest BCUT2D eigenvalue weighted by atomic mass is 79.9. The van der Waals surface area contributed by atoms with Gasteiger partial charge in [-0.2, -0.15) is 0 Å². The largest absolute Gasteiger partial charge is 0.342 e. The van der Waals surface area contributed by atoms with Crippen molar-refractivity contribution in [1.82, 2.24) is 4.90 Å². The van der Waals surface area contributed by atoms with E-state index in [0.29, 0.717) is 10.7 Å². The molecular formula is C10H18BrNO. The number of alkyl halides is 1. The quantitative estimate of drug-likeness (QED) is 0.553. The summed E-state index contributed by atoms with van der Waals surface area (Å²) in [5, 5.41) is 0. The van der Waals surface area contributed by atoms with Crippen LogP contribution in [0.2, 0.25) is 0 Å². The second-order valence-corrected chi connectivity index (χ2v) is 4.98. The molecule has 1 aliphatic heterocycles. The predicted molar refractivity (Wildman–Crippen MR) is 58.1 cm³/mol. The minimum absolute atomic E-state index is 0.343. The normalized spacial score (nSPS) is 22.3. The van der Waals surface area contributed by atoms with Gasteiger partial charge < -0.3 is 4.90 Å². The lowest BCUT2D eigenvalue weighted by atomic mass is 10.2. The Bertz CT molecular complexity index is 172. The fraction of sp³-hybridized carbons (Fsp3) is 0.900. The molecule has 0 bridgehead atoms. The zero-order valence-corrected chi connectivity index (χ0v) is 9.85. The standard InChI is InChI=1S/C10H18BrNO/c1-2-3-4-5-10(13)12-7-6-9(11)8-12/h9H,2-8H2,1H3. The summed E-state index contributed by atoms with van der Waals surface area (Å²) >= 11 is 3.53. The van der Waals surface area contributed by atoms with Gasteiger partial charge in [0.05, 0.1) is 0 Å². The molecule has 0 radical (unpaired) electrons. The summed E-state index contributed by atoms with van der Waals surface area (Å²) in [6.07, 6.45) is 5.28. The minimum atomic E-state index is 0.343. The number of nitrogens with zero attached hydrogens (tertiary/aromatic N) is 1. The third kappa shape index (κ3) is 3.67. The Morgan fingerprint density at radius 3 is 2.85 bits per heavy atom. The smallest absolute Gasteiger partial charge is 0.222 e. The Morgan fingerprint density at radius 1 is 1.54 bits per heavy atom. The molecule has 0 aromatic rings. The van der Waals surface area contributed by atoms with Crippen molar-refractivity contribution >= 4 is 21.8 Å². The molecule has 1 heterocycles. The fourth-order valence-electron chi connectivity index (χ4n) is 1.63. The van der Waals surface area contributed by atoms with E-state index < -0.39 is 0 Å². The molecule has 1 atom stereocenters. The van der Waals surface area contributed by atoms with E-state index in [-0.39, 0.29) is 0 Å². The number of halogens is 1. The number of hydrogen-bond acceptors (Lipinski definition) is 1. The molecule has 1 unspecified atom stereocenters. The van der Waals surface area contributed by atoms with Gasteiger partial charge in [-0.15, -0.1) is 0 Å². The first-order chi connectivity index (χ1) is 6.24. The van der Waals surface area contributed by atoms with Crippen LogP contribution < -0.4 is 0 Å². The molecule has 1 amide bonds. The lowest BCUT2D eigenvalue weighted by molar-refractivity contribution is -0.130. The molecule has 0 aliphatic carbocycles. The molecular weight excluding hydrogens is 230 g/mol. The summed E-state index contributed by atoms with van der Waals surface area (Å²) in [5.41, 5.74) is 0. The first kappa shape index (κ1) is 11.0. The number of amides is 1. The predicted octanol–water partition coefficient (Wildman–Crippen LogP) is 2.56. The molecule has 0 saturated carbocycles. The third-order valence-electron chi connectivity index (χ3n) is 2.48. The van der Waals surface area contributed by atoms with E-state index in [1.807, 2.05) is 4.90 Å². The Kier molecular flexibility index (Phi) is 4.78. The Hall–Kier alpha value is -0.0500. The van der Waals surface area contributed by atoms with E-state index >= 15 is 0 Å². The SMILES string of the molecule is CCCCCC(=O)N1CCC(Br)C1. The van der Waals surface area contributed by atoms with Gasteiger partial charge in [-0.1, -0.05) is 35.7 Å². The summed E-state index contributed by atoms with van der Waals surface area (Å²) in [6.45, 7) is 4.01. The van der Waals surface area contributed by atoms with E-state index in [4.69, 9.17) is 0 Å². The summed E-state index contributed by atoms with van der Waals surface area (Å²) in [7, 11) is 0. The van der Waals surface area contributed by atoms with Crippen molar-refractivity contribution in [2.45, 2.75) is 43.9 Å². The number of likely N-dealkylation sites (tertiary alicyclic amines) is 1. The number of carbonyl (C=O) groups is 1. The number of carbonyl (C=O) groups excluding carboxylic acids is 1. The Labute approximate surface area is 88.8 Å². The molecule has 0 aromatic heterocycles. The minimum Gasteiger partial charge on any atom is -0.342 e. The number of rotatable bonds is 4. The van der Waals surface area contributed by atoms with Crippen LogP contribution in [0.3, 0.4) is 0 Å². The van der Waals surface area contributed by atoms with Crippen LogP contribution in [0.15, 0.2) is 0 Å². The Morgan fingerprint density at radius 2 is 2.31 bits per heavy atom. The molecule has 1 rings (SSSR count). The van der Waals surface area contributed by atoms with E-state index in [0.717, 1.165) is 32.4 Å². The average molecular weight is 248 g/mol. The Balaban J connectivity index is 2.16. The fourth-order valence-corrected chi connectivity index (χ4v) is 2.18. The van der Waals surface area contributed by atoms with Gasteiger partial charge >= 0.3 is 0 Å². The first-order valence-corrected chi connectivity index (χ1v) is 6.07. The average Bonchev–Trinajstić information content (AvgIpc) is 2.52. The summed E-state index contributed by atoms with van der Waals surface area (Å²) in [5.74, 6) is 0.343. The van der Waals surface area contributed by atoms with Gasteiger partial charge in [0.2, 0.25) is 5.91 Å². The van der Waals surface area contributed by atoms with E-state index in [2.05, 4.69) is 22.9 Å². The molecule has 2 nitrogen and oxygen atoms in total. The van der Waals surface area contributed by atoms with Gasteiger partial charge in [-0.3, -0.25) is 4.79 Å². The second-order valence-electron chi connectivity index (χ2n) is 3.68. The van der Waals surface area contributed by atoms with Crippen molar-refractivity contribution in [3.8, 4) is 0 Å². The summed E-state index contributed by atoms with van der Waals surface area (Å²) in [6, 6.07) is 0. The maximum atomic E-state index is 11.6. The van der Waals surface area contributed by atoms with Crippen molar-refractivity contribution in [2.75, 3.05) is 13.1 Å². The van der Waals surface area contributed by atoms with Crippen molar-refractivity contribution in [3.63, 3.8) is 0 Å². The molecule has 0 N–H and O–H groups in total. The molecule has 1 aliphatic rings. The lowest BCUT2D eigenvalue weighted by Gasteiger charge is -2.14. The molecule has 76 valence electrons. The number of hydrogen-bond donors (Lipinski definition) is 0. The highest BCUT2D eigenvalue weighted by Crippen LogP contribution is 2.17. The van der Waals surface area contributed by atoms with Crippen LogP contribution >= 0.6 is 15.9 Å². The maximum absolute atomic E-state index is 11.6. The zero-order valence-electron chi connectivity index (χ0n) is 8.26. The van der Waals surface area contributed by atoms with E-state index in [1.54, 1.807) is 0 Å². The van der Waals surface area contributed by atoms with Crippen molar-refractivity contribution in [1.29, 1.82) is 0 Å². The van der Waals surface area contributed by atoms with Gasteiger partial charge in [-0.25, -0.2) is 0 Å². The summed E-state index contributed by atoms with van der Waals surface area (Å²) in [4.78, 5) is 14.1. The van der Waals surface area contributed by atoms with Gasteiger partial charge in [0, 0.05) is 24.3 Å². The molecule has 13 heavy (non-hydrogen) atoms. The lowest BCUT2D eigenvalue weighted by Crippen LogP contribution is -2.28. The van der Waals surface area contributed by atoms with E-state index in [1.165, 1.54) is 12.8 Å². The topological polar surface area (TPSA) is 20.3 Å². The zero-order chi connectivity index (χ0) is 9.68. The summed E-state index contributed by atoms with van der Waals surface area (Å²) < 4.78 is 0. The highest BCUT2D eigenvalue weighted by molar-refractivity contribution is 9.09.